The molecule has 4 rings (SSSR count). The van der Waals surface area contributed by atoms with Gasteiger partial charge in [-0.25, -0.2) is 8.42 Å². The van der Waals surface area contributed by atoms with Gasteiger partial charge in [0.25, 0.3) is 15.9 Å². The van der Waals surface area contributed by atoms with Crippen LogP contribution in [-0.2, 0) is 10.0 Å². The molecule has 0 bridgehead atoms. The number of carbonyl (C=O) groups is 1. The average molecular weight is 493 g/mol. The first-order valence-corrected chi connectivity index (χ1v) is 12.2. The molecule has 34 heavy (non-hydrogen) atoms. The number of benzene rings is 4. The summed E-state index contributed by atoms with van der Waals surface area (Å²) in [7, 11) is -3.90. The van der Waals surface area contributed by atoms with E-state index in [1.54, 1.807) is 79.7 Å². The molecule has 0 aromatic heterocycles. The number of aryl methyl sites for hydroxylation is 1. The van der Waals surface area contributed by atoms with Crippen LogP contribution in [0.5, 0.6) is 11.5 Å². The van der Waals surface area contributed by atoms with Crippen LogP contribution in [0.1, 0.15) is 15.9 Å². The molecule has 1 amide bonds. The number of sulfonamides is 1. The van der Waals surface area contributed by atoms with Gasteiger partial charge in [0.2, 0.25) is 0 Å². The Bertz CT molecular complexity index is 1430. The third-order valence-corrected chi connectivity index (χ3v) is 6.69. The van der Waals surface area contributed by atoms with E-state index in [-0.39, 0.29) is 10.5 Å². The van der Waals surface area contributed by atoms with Crippen LogP contribution in [0, 0.1) is 6.92 Å². The highest BCUT2D eigenvalue weighted by Crippen LogP contribution is 2.32. The Kier molecular flexibility index (Phi) is 6.86. The molecule has 0 saturated heterocycles. The van der Waals surface area contributed by atoms with Gasteiger partial charge in [-0.2, -0.15) is 0 Å². The summed E-state index contributed by atoms with van der Waals surface area (Å²) in [6.07, 6.45) is 0. The zero-order valence-corrected chi connectivity index (χ0v) is 19.7. The number of hydrogen-bond donors (Lipinski definition) is 2. The van der Waals surface area contributed by atoms with Gasteiger partial charge in [0.05, 0.1) is 10.6 Å². The lowest BCUT2D eigenvalue weighted by atomic mass is 10.1. The Hall–Kier alpha value is -3.81. The van der Waals surface area contributed by atoms with Crippen molar-refractivity contribution in [3.63, 3.8) is 0 Å². The Labute approximate surface area is 203 Å². The van der Waals surface area contributed by atoms with Crippen molar-refractivity contribution in [3.05, 3.63) is 113 Å². The summed E-state index contributed by atoms with van der Waals surface area (Å²) in [5.74, 6) is 0.488. The molecule has 8 heteroatoms. The molecule has 4 aromatic carbocycles. The van der Waals surface area contributed by atoms with Gasteiger partial charge >= 0.3 is 0 Å². The summed E-state index contributed by atoms with van der Waals surface area (Å²) >= 11 is 6.14. The largest absolute Gasteiger partial charge is 0.455 e. The molecule has 0 saturated carbocycles. The monoisotopic (exact) mass is 492 g/mol. The molecule has 0 aliphatic carbocycles. The fraction of sp³-hybridized carbons (Fsp3) is 0.0385. The summed E-state index contributed by atoms with van der Waals surface area (Å²) in [5, 5.41) is 3.18. The van der Waals surface area contributed by atoms with Crippen molar-refractivity contribution in [2.75, 3.05) is 10.0 Å². The van der Waals surface area contributed by atoms with E-state index < -0.39 is 15.9 Å². The summed E-state index contributed by atoms with van der Waals surface area (Å²) in [4.78, 5) is 13.1. The summed E-state index contributed by atoms with van der Waals surface area (Å²) < 4.78 is 34.4. The number of para-hydroxylation sites is 2. The highest BCUT2D eigenvalue weighted by Gasteiger charge is 2.20. The van der Waals surface area contributed by atoms with Gasteiger partial charge in [-0.05, 0) is 67.1 Å². The molecule has 0 aliphatic rings. The SMILES string of the molecule is Cc1ccc(C(=O)Nc2cc(Cl)ccc2Oc2ccccc2)cc1S(=O)(=O)Nc1ccccc1. The fourth-order valence-corrected chi connectivity index (χ4v) is 4.75. The van der Waals surface area contributed by atoms with E-state index in [2.05, 4.69) is 10.0 Å². The summed E-state index contributed by atoms with van der Waals surface area (Å²) in [6, 6.07) is 27.0. The van der Waals surface area contributed by atoms with E-state index in [0.29, 0.717) is 33.5 Å². The van der Waals surface area contributed by atoms with Crippen molar-refractivity contribution in [3.8, 4) is 11.5 Å². The molecule has 172 valence electrons. The number of rotatable bonds is 7. The third kappa shape index (κ3) is 5.57. The van der Waals surface area contributed by atoms with Crippen LogP contribution in [0.2, 0.25) is 5.02 Å². The zero-order valence-electron chi connectivity index (χ0n) is 18.2. The topological polar surface area (TPSA) is 84.5 Å². The van der Waals surface area contributed by atoms with Gasteiger partial charge in [0, 0.05) is 16.3 Å². The van der Waals surface area contributed by atoms with Crippen LogP contribution < -0.4 is 14.8 Å². The smallest absolute Gasteiger partial charge is 0.262 e. The van der Waals surface area contributed by atoms with Crippen LogP contribution in [-0.4, -0.2) is 14.3 Å². The van der Waals surface area contributed by atoms with Gasteiger partial charge in [-0.3, -0.25) is 9.52 Å². The van der Waals surface area contributed by atoms with Crippen molar-refractivity contribution in [1.82, 2.24) is 0 Å². The lowest BCUT2D eigenvalue weighted by Gasteiger charge is -2.14. The molecule has 2 N–H and O–H groups in total. The minimum atomic E-state index is -3.90. The standard InChI is InChI=1S/C26H21ClN2O4S/c1-18-12-13-19(16-25(18)34(31,32)29-21-8-4-2-5-9-21)26(30)28-23-17-20(27)14-15-24(23)33-22-10-6-3-7-11-22/h2-17,29H,1H3,(H,28,30). The summed E-state index contributed by atoms with van der Waals surface area (Å²) in [5.41, 5.74) is 1.47. The normalized spacial score (nSPS) is 11.0. The van der Waals surface area contributed by atoms with Crippen LogP contribution in [0.3, 0.4) is 0 Å². The van der Waals surface area contributed by atoms with Gasteiger partial charge in [0.1, 0.15) is 5.75 Å². The lowest BCUT2D eigenvalue weighted by Crippen LogP contribution is -2.17. The van der Waals surface area contributed by atoms with Crippen molar-refractivity contribution >= 4 is 38.9 Å². The number of ether oxygens (including phenoxy) is 1. The predicted molar refractivity (Wildman–Crippen MR) is 134 cm³/mol. The molecule has 0 aliphatic heterocycles. The predicted octanol–water partition coefficient (Wildman–Crippen LogP) is 6.49. The third-order valence-electron chi connectivity index (χ3n) is 4.93. The molecule has 0 unspecified atom stereocenters. The quantitative estimate of drug-likeness (QED) is 0.308. The van der Waals surface area contributed by atoms with Crippen LogP contribution in [0.25, 0.3) is 0 Å². The van der Waals surface area contributed by atoms with Gasteiger partial charge in [-0.1, -0.05) is 54.1 Å². The molecule has 4 aromatic rings. The fourth-order valence-electron chi connectivity index (χ4n) is 3.25. The van der Waals surface area contributed by atoms with Gasteiger partial charge in [0.15, 0.2) is 5.75 Å². The van der Waals surface area contributed by atoms with Crippen LogP contribution in [0.4, 0.5) is 11.4 Å². The molecule has 0 atom stereocenters. The van der Waals surface area contributed by atoms with Crippen LogP contribution >= 0.6 is 11.6 Å². The van der Waals surface area contributed by atoms with Crippen molar-refractivity contribution in [2.24, 2.45) is 0 Å². The number of amides is 1. The summed E-state index contributed by atoms with van der Waals surface area (Å²) in [6.45, 7) is 1.67. The second-order valence-corrected chi connectivity index (χ2v) is 9.55. The maximum Gasteiger partial charge on any atom is 0.262 e. The Morgan fingerprint density at radius 3 is 2.24 bits per heavy atom. The van der Waals surface area contributed by atoms with Crippen molar-refractivity contribution in [2.45, 2.75) is 11.8 Å². The second-order valence-electron chi connectivity index (χ2n) is 7.46. The Morgan fingerprint density at radius 1 is 0.853 bits per heavy atom. The highest BCUT2D eigenvalue weighted by molar-refractivity contribution is 7.92. The first kappa shape index (κ1) is 23.4. The second kappa shape index (κ2) is 9.99. The zero-order chi connectivity index (χ0) is 24.1. The highest BCUT2D eigenvalue weighted by atomic mass is 35.5. The van der Waals surface area contributed by atoms with E-state index in [1.165, 1.54) is 6.07 Å². The number of carbonyl (C=O) groups excluding carboxylic acids is 1. The maximum absolute atomic E-state index is 13.1. The maximum atomic E-state index is 13.1. The molecule has 0 heterocycles. The minimum Gasteiger partial charge on any atom is -0.455 e. The Morgan fingerprint density at radius 2 is 1.53 bits per heavy atom. The van der Waals surface area contributed by atoms with E-state index in [4.69, 9.17) is 16.3 Å². The molecule has 6 nitrogen and oxygen atoms in total. The molecule has 0 fully saturated rings. The van der Waals surface area contributed by atoms with Crippen molar-refractivity contribution in [1.29, 1.82) is 0 Å². The molecular formula is C26H21ClN2O4S. The average Bonchev–Trinajstić information content (AvgIpc) is 2.82. The Balaban J connectivity index is 1.61. The van der Waals surface area contributed by atoms with E-state index in [1.807, 2.05) is 18.2 Å². The van der Waals surface area contributed by atoms with Crippen molar-refractivity contribution < 1.29 is 17.9 Å². The number of hydrogen-bond acceptors (Lipinski definition) is 4. The van der Waals surface area contributed by atoms with Gasteiger partial charge in [-0.15, -0.1) is 0 Å². The van der Waals surface area contributed by atoms with Crippen LogP contribution in [0.15, 0.2) is 102 Å². The first-order valence-electron chi connectivity index (χ1n) is 10.3. The molecular weight excluding hydrogens is 472 g/mol. The molecule has 0 radical (unpaired) electrons. The van der Waals surface area contributed by atoms with E-state index in [0.717, 1.165) is 0 Å². The van der Waals surface area contributed by atoms with E-state index in [9.17, 15) is 13.2 Å². The lowest BCUT2D eigenvalue weighted by molar-refractivity contribution is 0.102. The number of nitrogens with one attached hydrogen (secondary N) is 2. The first-order chi connectivity index (χ1) is 16.3. The number of anilines is 2. The number of halogens is 1. The van der Waals surface area contributed by atoms with Gasteiger partial charge < -0.3 is 10.1 Å². The molecule has 0 spiro atoms. The minimum absolute atomic E-state index is 0.0101. The van der Waals surface area contributed by atoms with E-state index >= 15 is 0 Å².